The highest BCUT2D eigenvalue weighted by atomic mass is 16.3. The van der Waals surface area contributed by atoms with Gasteiger partial charge in [0.2, 0.25) is 11.8 Å². The molecule has 0 aliphatic carbocycles. The van der Waals surface area contributed by atoms with Crippen LogP contribution in [0.2, 0.25) is 0 Å². The van der Waals surface area contributed by atoms with Crippen molar-refractivity contribution in [3.05, 3.63) is 78.2 Å². The number of nitrogens with zero attached hydrogens (tertiary/aromatic N) is 1. The van der Waals surface area contributed by atoms with E-state index >= 15 is 0 Å². The van der Waals surface area contributed by atoms with E-state index in [0.717, 1.165) is 11.1 Å². The van der Waals surface area contributed by atoms with Gasteiger partial charge in [-0.05, 0) is 17.7 Å². The average Bonchev–Trinajstić information content (AvgIpc) is 3.10. The van der Waals surface area contributed by atoms with Crippen molar-refractivity contribution in [3.8, 4) is 11.5 Å². The third-order valence-corrected chi connectivity index (χ3v) is 3.76. The van der Waals surface area contributed by atoms with E-state index in [1.165, 1.54) is 6.26 Å². The molecule has 128 valence electrons. The van der Waals surface area contributed by atoms with E-state index < -0.39 is 6.10 Å². The van der Waals surface area contributed by atoms with Gasteiger partial charge in [0.05, 0.1) is 18.2 Å². The standard InChI is InChI=1S/C20H20N2O3/c23-18(11-15-7-3-1-4-8-15)13-21-19(24)12-17-14-25-20(22-17)16-9-5-2-6-10-16/h1-10,14,18,23H,11-13H2,(H,21,24). The summed E-state index contributed by atoms with van der Waals surface area (Å²) in [6, 6.07) is 19.2. The Morgan fingerprint density at radius 2 is 1.76 bits per heavy atom. The van der Waals surface area contributed by atoms with Gasteiger partial charge in [0.15, 0.2) is 0 Å². The Bertz CT molecular complexity index is 800. The predicted octanol–water partition coefficient (Wildman–Crippen LogP) is 2.60. The fraction of sp³-hybridized carbons (Fsp3) is 0.200. The van der Waals surface area contributed by atoms with E-state index in [-0.39, 0.29) is 18.9 Å². The summed E-state index contributed by atoms with van der Waals surface area (Å²) in [6.45, 7) is 0.205. The van der Waals surface area contributed by atoms with Crippen molar-refractivity contribution in [1.29, 1.82) is 0 Å². The smallest absolute Gasteiger partial charge is 0.226 e. The van der Waals surface area contributed by atoms with Crippen molar-refractivity contribution in [2.45, 2.75) is 18.9 Å². The van der Waals surface area contributed by atoms with E-state index in [4.69, 9.17) is 4.42 Å². The van der Waals surface area contributed by atoms with Crippen LogP contribution in [-0.2, 0) is 17.6 Å². The third-order valence-electron chi connectivity index (χ3n) is 3.76. The van der Waals surface area contributed by atoms with Crippen LogP contribution in [0.3, 0.4) is 0 Å². The molecule has 0 saturated carbocycles. The largest absolute Gasteiger partial charge is 0.444 e. The minimum atomic E-state index is -0.622. The number of aliphatic hydroxyl groups excluding tert-OH is 1. The van der Waals surface area contributed by atoms with Crippen molar-refractivity contribution in [3.63, 3.8) is 0 Å². The van der Waals surface area contributed by atoms with Crippen molar-refractivity contribution >= 4 is 5.91 Å². The molecule has 1 heterocycles. The van der Waals surface area contributed by atoms with Crippen LogP contribution in [0.4, 0.5) is 0 Å². The van der Waals surface area contributed by atoms with E-state index in [0.29, 0.717) is 18.0 Å². The normalized spacial score (nSPS) is 11.9. The van der Waals surface area contributed by atoms with Gasteiger partial charge in [0.25, 0.3) is 0 Å². The topological polar surface area (TPSA) is 75.4 Å². The molecule has 0 aliphatic heterocycles. The van der Waals surface area contributed by atoms with Crippen LogP contribution < -0.4 is 5.32 Å². The van der Waals surface area contributed by atoms with Crippen LogP contribution in [0.1, 0.15) is 11.3 Å². The number of amides is 1. The lowest BCUT2D eigenvalue weighted by atomic mass is 10.1. The fourth-order valence-electron chi connectivity index (χ4n) is 2.52. The van der Waals surface area contributed by atoms with Crippen molar-refractivity contribution in [2.24, 2.45) is 0 Å². The maximum absolute atomic E-state index is 12.0. The summed E-state index contributed by atoms with van der Waals surface area (Å²) >= 11 is 0. The Morgan fingerprint density at radius 3 is 2.48 bits per heavy atom. The summed E-state index contributed by atoms with van der Waals surface area (Å²) in [6.07, 6.45) is 1.49. The lowest BCUT2D eigenvalue weighted by molar-refractivity contribution is -0.120. The summed E-state index contributed by atoms with van der Waals surface area (Å²) in [7, 11) is 0. The van der Waals surface area contributed by atoms with Crippen LogP contribution >= 0.6 is 0 Å². The molecule has 1 unspecified atom stereocenters. The number of oxazole rings is 1. The molecule has 2 N–H and O–H groups in total. The Labute approximate surface area is 146 Å². The quantitative estimate of drug-likeness (QED) is 0.695. The SMILES string of the molecule is O=C(Cc1coc(-c2ccccc2)n1)NCC(O)Cc1ccccc1. The number of aliphatic hydroxyl groups is 1. The monoisotopic (exact) mass is 336 g/mol. The molecule has 3 aromatic rings. The minimum absolute atomic E-state index is 0.119. The summed E-state index contributed by atoms with van der Waals surface area (Å²) in [4.78, 5) is 16.3. The molecular weight excluding hydrogens is 316 g/mol. The lowest BCUT2D eigenvalue weighted by Gasteiger charge is -2.11. The summed E-state index contributed by atoms with van der Waals surface area (Å²) in [5, 5.41) is 12.8. The molecule has 0 spiro atoms. The van der Waals surface area contributed by atoms with Gasteiger partial charge < -0.3 is 14.8 Å². The zero-order chi connectivity index (χ0) is 17.5. The predicted molar refractivity (Wildman–Crippen MR) is 94.8 cm³/mol. The molecule has 0 saturated heterocycles. The number of hydrogen-bond acceptors (Lipinski definition) is 4. The van der Waals surface area contributed by atoms with Gasteiger partial charge in [-0.15, -0.1) is 0 Å². The first kappa shape index (κ1) is 16.9. The van der Waals surface area contributed by atoms with Gasteiger partial charge >= 0.3 is 0 Å². The van der Waals surface area contributed by atoms with Gasteiger partial charge in [-0.1, -0.05) is 48.5 Å². The number of carbonyl (C=O) groups is 1. The Balaban J connectivity index is 1.47. The third kappa shape index (κ3) is 5.02. The number of carbonyl (C=O) groups excluding carboxylic acids is 1. The molecule has 25 heavy (non-hydrogen) atoms. The van der Waals surface area contributed by atoms with Crippen molar-refractivity contribution in [2.75, 3.05) is 6.54 Å². The highest BCUT2D eigenvalue weighted by Crippen LogP contribution is 2.18. The first-order valence-corrected chi connectivity index (χ1v) is 8.19. The van der Waals surface area contributed by atoms with Crippen LogP contribution in [0.5, 0.6) is 0 Å². The molecular formula is C20H20N2O3. The summed E-state index contributed by atoms with van der Waals surface area (Å²) in [5.74, 6) is 0.299. The van der Waals surface area contributed by atoms with Crippen LogP contribution in [-0.4, -0.2) is 28.6 Å². The summed E-state index contributed by atoms with van der Waals surface area (Å²) < 4.78 is 5.42. The highest BCUT2D eigenvalue weighted by Gasteiger charge is 2.12. The Kier molecular flexibility index (Phi) is 5.59. The zero-order valence-corrected chi connectivity index (χ0v) is 13.8. The molecule has 0 fully saturated rings. The molecule has 2 aromatic carbocycles. The van der Waals surface area contributed by atoms with Gasteiger partial charge in [0.1, 0.15) is 6.26 Å². The van der Waals surface area contributed by atoms with Crippen molar-refractivity contribution in [1.82, 2.24) is 10.3 Å². The Morgan fingerprint density at radius 1 is 1.08 bits per heavy atom. The number of hydrogen-bond donors (Lipinski definition) is 2. The van der Waals surface area contributed by atoms with E-state index in [1.54, 1.807) is 0 Å². The number of nitrogens with one attached hydrogen (secondary N) is 1. The summed E-state index contributed by atoms with van der Waals surface area (Å²) in [5.41, 5.74) is 2.47. The molecule has 5 nitrogen and oxygen atoms in total. The molecule has 3 rings (SSSR count). The first-order chi connectivity index (χ1) is 12.2. The van der Waals surface area contributed by atoms with Crippen molar-refractivity contribution < 1.29 is 14.3 Å². The number of aromatic nitrogens is 1. The van der Waals surface area contributed by atoms with Gasteiger partial charge in [0, 0.05) is 18.5 Å². The second-order valence-corrected chi connectivity index (χ2v) is 5.83. The maximum Gasteiger partial charge on any atom is 0.226 e. The second kappa shape index (κ2) is 8.26. The molecule has 0 bridgehead atoms. The molecule has 1 aromatic heterocycles. The van der Waals surface area contributed by atoms with Gasteiger partial charge in [-0.2, -0.15) is 0 Å². The molecule has 0 aliphatic rings. The van der Waals surface area contributed by atoms with E-state index in [2.05, 4.69) is 10.3 Å². The van der Waals surface area contributed by atoms with E-state index in [9.17, 15) is 9.90 Å². The maximum atomic E-state index is 12.0. The minimum Gasteiger partial charge on any atom is -0.444 e. The van der Waals surface area contributed by atoms with Gasteiger partial charge in [-0.3, -0.25) is 4.79 Å². The molecule has 1 atom stereocenters. The first-order valence-electron chi connectivity index (χ1n) is 8.19. The zero-order valence-electron chi connectivity index (χ0n) is 13.8. The van der Waals surface area contributed by atoms with Crippen LogP contribution in [0.25, 0.3) is 11.5 Å². The fourth-order valence-corrected chi connectivity index (χ4v) is 2.52. The van der Waals surface area contributed by atoms with Crippen LogP contribution in [0, 0.1) is 0 Å². The molecule has 5 heteroatoms. The molecule has 0 radical (unpaired) electrons. The number of benzene rings is 2. The lowest BCUT2D eigenvalue weighted by Crippen LogP contribution is -2.34. The van der Waals surface area contributed by atoms with Crippen LogP contribution in [0.15, 0.2) is 71.3 Å². The second-order valence-electron chi connectivity index (χ2n) is 5.83. The Hall–Kier alpha value is -2.92. The molecule has 1 amide bonds. The van der Waals surface area contributed by atoms with Gasteiger partial charge in [-0.25, -0.2) is 4.98 Å². The van der Waals surface area contributed by atoms with E-state index in [1.807, 2.05) is 60.7 Å². The number of rotatable bonds is 7. The average molecular weight is 336 g/mol. The highest BCUT2D eigenvalue weighted by molar-refractivity contribution is 5.78.